The summed E-state index contributed by atoms with van der Waals surface area (Å²) in [5.74, 6) is -4.42. The Morgan fingerprint density at radius 1 is 1.10 bits per heavy atom. The molecule has 7 atom stereocenters. The molecule has 0 saturated carbocycles. The van der Waals surface area contributed by atoms with Gasteiger partial charge in [-0.3, -0.25) is 19.4 Å². The van der Waals surface area contributed by atoms with Crippen LogP contribution in [0.15, 0.2) is 48.8 Å². The van der Waals surface area contributed by atoms with Crippen molar-refractivity contribution in [1.29, 1.82) is 0 Å². The van der Waals surface area contributed by atoms with E-state index in [4.69, 9.17) is 4.74 Å². The van der Waals surface area contributed by atoms with Crippen LogP contribution in [0.4, 0.5) is 0 Å². The predicted octanol–water partition coefficient (Wildman–Crippen LogP) is 1.09. The maximum atomic E-state index is 13.6. The second-order valence-electron chi connectivity index (χ2n) is 9.94. The van der Waals surface area contributed by atoms with Gasteiger partial charge in [-0.05, 0) is 43.0 Å². The molecule has 1 aromatic heterocycles. The Bertz CT molecular complexity index is 1180. The summed E-state index contributed by atoms with van der Waals surface area (Å²) in [5.41, 5.74) is 0.633. The molecule has 39 heavy (non-hydrogen) atoms. The number of aromatic hydroxyl groups is 1. The van der Waals surface area contributed by atoms with Crippen molar-refractivity contribution in [1.82, 2.24) is 20.9 Å². The number of cyclic esters (lactones) is 1. The van der Waals surface area contributed by atoms with E-state index in [0.717, 1.165) is 0 Å². The first-order valence-electron chi connectivity index (χ1n) is 13.0. The minimum atomic E-state index is -1.38. The highest BCUT2D eigenvalue weighted by Gasteiger charge is 2.40. The highest BCUT2D eigenvalue weighted by atomic mass is 16.5. The molecular formula is C28H36N4O7. The second kappa shape index (κ2) is 13.2. The average molecular weight is 541 g/mol. The van der Waals surface area contributed by atoms with E-state index in [1.54, 1.807) is 43.6 Å². The number of phenolic OH excluding ortho intramolecular Hbond substituents is 1. The molecule has 1 aliphatic heterocycles. The zero-order chi connectivity index (χ0) is 28.7. The van der Waals surface area contributed by atoms with Crippen molar-refractivity contribution in [2.75, 3.05) is 0 Å². The normalized spacial score (nSPS) is 27.2. The van der Waals surface area contributed by atoms with Gasteiger partial charge in [0.15, 0.2) is 0 Å². The van der Waals surface area contributed by atoms with Crippen LogP contribution in [0.1, 0.15) is 50.0 Å². The molecule has 0 bridgehead atoms. The zero-order valence-corrected chi connectivity index (χ0v) is 22.5. The molecule has 0 radical (unpaired) electrons. The molecule has 0 aliphatic carbocycles. The van der Waals surface area contributed by atoms with Gasteiger partial charge < -0.3 is 30.9 Å². The first kappa shape index (κ1) is 29.6. The third-order valence-corrected chi connectivity index (χ3v) is 7.10. The van der Waals surface area contributed by atoms with E-state index in [1.807, 2.05) is 6.92 Å². The quantitative estimate of drug-likeness (QED) is 0.340. The molecule has 3 rings (SSSR count). The van der Waals surface area contributed by atoms with Crippen LogP contribution in [0.5, 0.6) is 5.75 Å². The van der Waals surface area contributed by atoms with Gasteiger partial charge in [-0.2, -0.15) is 0 Å². The number of nitrogens with zero attached hydrogens (tertiary/aromatic N) is 1. The fraction of sp³-hybridized carbons (Fsp3) is 0.464. The minimum Gasteiger partial charge on any atom is -0.507 e. The number of nitrogens with one attached hydrogen (secondary N) is 3. The number of ether oxygens (including phenoxy) is 1. The van der Waals surface area contributed by atoms with E-state index < -0.39 is 59.9 Å². The minimum absolute atomic E-state index is 0.0692. The molecule has 11 heteroatoms. The van der Waals surface area contributed by atoms with E-state index >= 15 is 0 Å². The standard InChI is InChI=1S/C28H36N4O7/c1-5-15(2)22-28(38)39-17(4)23(32-26(36)19-10-6-7-11-21(19)33)27(37)30-20(13-18-9-8-12-29-14-18)24(34)16(3)25(35)31-22/h6-12,14-17,20,22-24,33-34H,5,13H2,1-4H3,(H,30,37)(H,31,35)(H,32,36). The zero-order valence-electron chi connectivity index (χ0n) is 22.5. The number of esters is 1. The number of hydrogen-bond acceptors (Lipinski definition) is 8. The smallest absolute Gasteiger partial charge is 0.329 e. The molecule has 11 nitrogen and oxygen atoms in total. The third kappa shape index (κ3) is 7.32. The van der Waals surface area contributed by atoms with Crippen molar-refractivity contribution in [2.45, 2.75) is 70.9 Å². The molecule has 1 saturated heterocycles. The fourth-order valence-corrected chi connectivity index (χ4v) is 4.37. The topological polar surface area (TPSA) is 167 Å². The molecule has 5 N–H and O–H groups in total. The van der Waals surface area contributed by atoms with Gasteiger partial charge in [0.2, 0.25) is 11.8 Å². The Morgan fingerprint density at radius 2 is 1.82 bits per heavy atom. The number of amides is 3. The maximum Gasteiger partial charge on any atom is 0.329 e. The van der Waals surface area contributed by atoms with Crippen molar-refractivity contribution < 1.29 is 34.1 Å². The third-order valence-electron chi connectivity index (χ3n) is 7.10. The molecule has 1 fully saturated rings. The lowest BCUT2D eigenvalue weighted by Crippen LogP contribution is -2.61. The SMILES string of the molecule is CCC(C)C1NC(=O)C(C)C(O)C(Cc2cccnc2)NC(=O)C(NC(=O)c2ccccc2O)C(C)OC1=O. The lowest BCUT2D eigenvalue weighted by Gasteiger charge is -2.34. The number of pyridine rings is 1. The van der Waals surface area contributed by atoms with E-state index in [0.29, 0.717) is 12.0 Å². The Balaban J connectivity index is 2.00. The predicted molar refractivity (Wildman–Crippen MR) is 141 cm³/mol. The largest absolute Gasteiger partial charge is 0.507 e. The van der Waals surface area contributed by atoms with Gasteiger partial charge in [-0.1, -0.05) is 45.4 Å². The van der Waals surface area contributed by atoms with Gasteiger partial charge >= 0.3 is 5.97 Å². The lowest BCUT2D eigenvalue weighted by molar-refractivity contribution is -0.157. The van der Waals surface area contributed by atoms with Gasteiger partial charge in [-0.15, -0.1) is 0 Å². The molecule has 0 spiro atoms. The van der Waals surface area contributed by atoms with Crippen molar-refractivity contribution in [2.24, 2.45) is 11.8 Å². The van der Waals surface area contributed by atoms with Crippen LogP contribution in [0.3, 0.4) is 0 Å². The summed E-state index contributed by atoms with van der Waals surface area (Å²) in [4.78, 5) is 56.9. The Hall–Kier alpha value is -3.99. The molecule has 210 valence electrons. The summed E-state index contributed by atoms with van der Waals surface area (Å²) >= 11 is 0. The number of carbonyl (C=O) groups is 4. The van der Waals surface area contributed by atoms with Gasteiger partial charge in [0.05, 0.1) is 23.6 Å². The van der Waals surface area contributed by atoms with Crippen molar-refractivity contribution >= 4 is 23.7 Å². The molecule has 7 unspecified atom stereocenters. The molecule has 3 amide bonds. The molecule has 2 heterocycles. The number of aliphatic hydroxyl groups is 1. The summed E-state index contributed by atoms with van der Waals surface area (Å²) in [7, 11) is 0. The number of para-hydroxylation sites is 1. The number of carbonyl (C=O) groups excluding carboxylic acids is 4. The van der Waals surface area contributed by atoms with Crippen LogP contribution in [0.25, 0.3) is 0 Å². The van der Waals surface area contributed by atoms with Gasteiger partial charge in [-0.25, -0.2) is 4.79 Å². The van der Waals surface area contributed by atoms with Crippen LogP contribution in [0.2, 0.25) is 0 Å². The van der Waals surface area contributed by atoms with Gasteiger partial charge in [0, 0.05) is 12.4 Å². The van der Waals surface area contributed by atoms with E-state index in [2.05, 4.69) is 20.9 Å². The molecule has 1 aliphatic rings. The highest BCUT2D eigenvalue weighted by molar-refractivity contribution is 6.00. The van der Waals surface area contributed by atoms with Crippen molar-refractivity contribution in [3.63, 3.8) is 0 Å². The second-order valence-corrected chi connectivity index (χ2v) is 9.94. The molecular weight excluding hydrogens is 504 g/mol. The van der Waals surface area contributed by atoms with Crippen LogP contribution in [-0.4, -0.2) is 69.2 Å². The number of benzene rings is 1. The maximum absolute atomic E-state index is 13.6. The van der Waals surface area contributed by atoms with Crippen LogP contribution in [0, 0.1) is 11.8 Å². The van der Waals surface area contributed by atoms with Crippen LogP contribution in [-0.2, 0) is 25.5 Å². The number of aromatic nitrogens is 1. The summed E-state index contributed by atoms with van der Waals surface area (Å²) < 4.78 is 5.61. The number of phenols is 1. The monoisotopic (exact) mass is 540 g/mol. The van der Waals surface area contributed by atoms with Crippen molar-refractivity contribution in [3.8, 4) is 5.75 Å². The Kier molecular flexibility index (Phi) is 10.00. The Morgan fingerprint density at radius 3 is 2.46 bits per heavy atom. The van der Waals surface area contributed by atoms with Gasteiger partial charge in [0.1, 0.15) is 23.9 Å². The van der Waals surface area contributed by atoms with E-state index in [-0.39, 0.29) is 23.7 Å². The molecule has 1 aromatic carbocycles. The summed E-state index contributed by atoms with van der Waals surface area (Å²) in [6.07, 6.45) is 1.35. The van der Waals surface area contributed by atoms with Gasteiger partial charge in [0.25, 0.3) is 5.91 Å². The molecule has 2 aromatic rings. The van der Waals surface area contributed by atoms with E-state index in [9.17, 15) is 29.4 Å². The van der Waals surface area contributed by atoms with Crippen molar-refractivity contribution in [3.05, 3.63) is 59.9 Å². The Labute approximate surface area is 227 Å². The summed E-state index contributed by atoms with van der Waals surface area (Å²) in [6.45, 7) is 6.59. The van der Waals surface area contributed by atoms with E-state index in [1.165, 1.54) is 26.0 Å². The highest BCUT2D eigenvalue weighted by Crippen LogP contribution is 2.19. The van der Waals surface area contributed by atoms with Crippen LogP contribution < -0.4 is 16.0 Å². The summed E-state index contributed by atoms with van der Waals surface area (Å²) in [5, 5.41) is 29.4. The first-order valence-corrected chi connectivity index (χ1v) is 13.0. The first-order chi connectivity index (χ1) is 18.5. The lowest BCUT2D eigenvalue weighted by atomic mass is 9.91. The van der Waals surface area contributed by atoms with Crippen LogP contribution >= 0.6 is 0 Å². The number of rotatable bonds is 6. The number of hydrogen-bond donors (Lipinski definition) is 5. The fourth-order valence-electron chi connectivity index (χ4n) is 4.37. The average Bonchev–Trinajstić information content (AvgIpc) is 2.92. The summed E-state index contributed by atoms with van der Waals surface area (Å²) in [6, 6.07) is 5.95. The number of aliphatic hydroxyl groups excluding tert-OH is 1.